The summed E-state index contributed by atoms with van der Waals surface area (Å²) in [5.41, 5.74) is -1.12. The maximum Gasteiger partial charge on any atom is 0.416 e. The highest BCUT2D eigenvalue weighted by Gasteiger charge is 2.41. The van der Waals surface area contributed by atoms with Gasteiger partial charge in [0.15, 0.2) is 5.82 Å². The predicted octanol–water partition coefficient (Wildman–Crippen LogP) is 5.22. The lowest BCUT2D eigenvalue weighted by Crippen LogP contribution is -2.30. The summed E-state index contributed by atoms with van der Waals surface area (Å²) in [5, 5.41) is -0.733. The van der Waals surface area contributed by atoms with Gasteiger partial charge in [-0.3, -0.25) is 4.57 Å². The van der Waals surface area contributed by atoms with Crippen molar-refractivity contribution >= 4 is 23.5 Å². The Kier molecular flexibility index (Phi) is 5.08. The largest absolute Gasteiger partial charge is 0.446 e. The third-order valence-corrected chi connectivity index (χ3v) is 4.98. The summed E-state index contributed by atoms with van der Waals surface area (Å²) in [6.45, 7) is 1.08. The third-order valence-electron chi connectivity index (χ3n) is 4.63. The van der Waals surface area contributed by atoms with Crippen LogP contribution in [0.1, 0.15) is 23.1 Å². The Morgan fingerprint density at radius 1 is 1.23 bits per heavy atom. The maximum atomic E-state index is 14.6. The zero-order valence-corrected chi connectivity index (χ0v) is 16.4. The number of aromatic nitrogens is 3. The van der Waals surface area contributed by atoms with Gasteiger partial charge in [-0.05, 0) is 31.2 Å². The van der Waals surface area contributed by atoms with E-state index >= 15 is 0 Å². The molecule has 1 fully saturated rings. The Morgan fingerprint density at radius 3 is 2.68 bits per heavy atom. The third kappa shape index (κ3) is 3.69. The molecular weight excluding hydrogens is 447 g/mol. The number of alkyl halides is 3. The number of anilines is 1. The van der Waals surface area contributed by atoms with Crippen molar-refractivity contribution in [2.24, 2.45) is 0 Å². The Labute approximate surface area is 176 Å². The summed E-state index contributed by atoms with van der Waals surface area (Å²) >= 11 is 5.65. The average molecular weight is 459 g/mol. The van der Waals surface area contributed by atoms with Crippen LogP contribution in [-0.4, -0.2) is 27.2 Å². The van der Waals surface area contributed by atoms with Crippen LogP contribution in [0.25, 0.3) is 5.69 Å². The zero-order chi connectivity index (χ0) is 22.5. The maximum absolute atomic E-state index is 14.6. The summed E-state index contributed by atoms with van der Waals surface area (Å²) in [7, 11) is 0. The minimum Gasteiger partial charge on any atom is -0.446 e. The molecule has 4 rings (SSSR count). The molecule has 0 saturated carbocycles. The van der Waals surface area contributed by atoms with Crippen molar-refractivity contribution in [2.45, 2.75) is 19.1 Å². The first-order valence-corrected chi connectivity index (χ1v) is 9.14. The minimum absolute atomic E-state index is 0.0305. The van der Waals surface area contributed by atoms with Gasteiger partial charge < -0.3 is 4.74 Å². The first-order valence-electron chi connectivity index (χ1n) is 8.77. The second-order valence-electron chi connectivity index (χ2n) is 6.67. The van der Waals surface area contributed by atoms with Crippen LogP contribution in [-0.2, 0) is 10.9 Å². The number of hydrogen-bond acceptors (Lipinski definition) is 4. The van der Waals surface area contributed by atoms with Crippen LogP contribution >= 0.6 is 11.6 Å². The van der Waals surface area contributed by atoms with Gasteiger partial charge in [0.2, 0.25) is 0 Å². The molecule has 6 nitrogen and oxygen atoms in total. The number of carbonyl (C=O) groups is 1. The van der Waals surface area contributed by atoms with Gasteiger partial charge in [0.05, 0.1) is 11.3 Å². The van der Waals surface area contributed by atoms with E-state index in [0.29, 0.717) is 0 Å². The molecule has 1 atom stereocenters. The van der Waals surface area contributed by atoms with Crippen molar-refractivity contribution < 1.29 is 31.5 Å². The van der Waals surface area contributed by atoms with Gasteiger partial charge in [-0.25, -0.2) is 28.4 Å². The minimum atomic E-state index is -4.66. The molecule has 2 aromatic heterocycles. The van der Waals surface area contributed by atoms with Crippen LogP contribution in [0.15, 0.2) is 36.7 Å². The summed E-state index contributed by atoms with van der Waals surface area (Å²) in [5.74, 6) is -2.27. The number of ether oxygens (including phenoxy) is 1. The molecule has 1 saturated heterocycles. The summed E-state index contributed by atoms with van der Waals surface area (Å²) in [6, 6.07) is 2.61. The fourth-order valence-electron chi connectivity index (χ4n) is 3.27. The van der Waals surface area contributed by atoms with Gasteiger partial charge in [0.25, 0.3) is 0 Å². The van der Waals surface area contributed by atoms with E-state index in [1.54, 1.807) is 0 Å². The van der Waals surface area contributed by atoms with E-state index in [9.17, 15) is 26.7 Å². The van der Waals surface area contributed by atoms with Crippen LogP contribution in [0.3, 0.4) is 0 Å². The number of nitrogens with zero attached hydrogens (tertiary/aromatic N) is 4. The van der Waals surface area contributed by atoms with E-state index in [4.69, 9.17) is 16.3 Å². The lowest BCUT2D eigenvalue weighted by Gasteiger charge is -2.22. The molecule has 0 aliphatic carbocycles. The number of imidazole rings is 1. The number of pyridine rings is 1. The Bertz CT molecular complexity index is 1180. The predicted molar refractivity (Wildman–Crippen MR) is 99.0 cm³/mol. The van der Waals surface area contributed by atoms with Crippen molar-refractivity contribution in [3.63, 3.8) is 0 Å². The summed E-state index contributed by atoms with van der Waals surface area (Å²) < 4.78 is 74.0. The number of amides is 1. The molecule has 31 heavy (non-hydrogen) atoms. The highest BCUT2D eigenvalue weighted by Crippen LogP contribution is 2.37. The van der Waals surface area contributed by atoms with Crippen LogP contribution in [0.5, 0.6) is 0 Å². The molecule has 1 aliphatic heterocycles. The fourth-order valence-corrected chi connectivity index (χ4v) is 3.43. The molecule has 162 valence electrons. The van der Waals surface area contributed by atoms with E-state index in [1.807, 2.05) is 0 Å². The molecule has 1 aromatic carbocycles. The van der Waals surface area contributed by atoms with E-state index in [0.717, 1.165) is 29.2 Å². The Morgan fingerprint density at radius 2 is 1.97 bits per heavy atom. The number of carbonyl (C=O) groups excluding carboxylic acids is 1. The van der Waals surface area contributed by atoms with E-state index < -0.39 is 40.5 Å². The van der Waals surface area contributed by atoms with Crippen LogP contribution in [0.2, 0.25) is 5.02 Å². The molecule has 0 radical (unpaired) electrons. The van der Waals surface area contributed by atoms with Crippen LogP contribution in [0, 0.1) is 18.6 Å². The molecule has 0 N–H and O–H groups in total. The number of benzene rings is 1. The molecule has 1 amide bonds. The Hall–Kier alpha value is -3.21. The standard InChI is InChI=1S/C19H12ClF5N4O2/c1-9-6-10(19(23,24)25)7-14(27-9)29-13(8-31-18(29)30)17-26-4-5-28(17)12-3-2-11(21)15(20)16(12)22/h2-7,13H,8H2,1H3. The van der Waals surface area contributed by atoms with E-state index in [1.165, 1.54) is 23.9 Å². The van der Waals surface area contributed by atoms with Gasteiger partial charge in [-0.15, -0.1) is 0 Å². The molecule has 3 aromatic rings. The van der Waals surface area contributed by atoms with Crippen LogP contribution in [0.4, 0.5) is 32.6 Å². The number of aryl methyl sites for hydroxylation is 1. The lowest BCUT2D eigenvalue weighted by atomic mass is 10.2. The molecule has 1 aliphatic rings. The van der Waals surface area contributed by atoms with Gasteiger partial charge in [0, 0.05) is 18.1 Å². The van der Waals surface area contributed by atoms with Gasteiger partial charge in [0.1, 0.15) is 35.1 Å². The highest BCUT2D eigenvalue weighted by atomic mass is 35.5. The number of halogens is 6. The number of rotatable bonds is 3. The van der Waals surface area contributed by atoms with E-state index in [2.05, 4.69) is 9.97 Å². The van der Waals surface area contributed by atoms with Gasteiger partial charge >= 0.3 is 12.3 Å². The molecule has 0 spiro atoms. The summed E-state index contributed by atoms with van der Waals surface area (Å²) in [4.78, 5) is 21.4. The first kappa shape index (κ1) is 21.0. The monoisotopic (exact) mass is 458 g/mol. The molecule has 12 heteroatoms. The lowest BCUT2D eigenvalue weighted by molar-refractivity contribution is -0.137. The van der Waals surface area contributed by atoms with Crippen molar-refractivity contribution in [3.05, 3.63) is 70.4 Å². The SMILES string of the molecule is Cc1cc(C(F)(F)F)cc(N2C(=O)OCC2c2nccn2-c2ccc(F)c(Cl)c2F)n1. The number of hydrogen-bond donors (Lipinski definition) is 0. The quantitative estimate of drug-likeness (QED) is 0.398. The van der Waals surface area contributed by atoms with E-state index in [-0.39, 0.29) is 29.6 Å². The van der Waals surface area contributed by atoms with Crippen molar-refractivity contribution in [2.75, 3.05) is 11.5 Å². The van der Waals surface area contributed by atoms with Gasteiger partial charge in [-0.1, -0.05) is 11.6 Å². The highest BCUT2D eigenvalue weighted by molar-refractivity contribution is 6.31. The molecule has 0 bridgehead atoms. The number of cyclic esters (lactones) is 1. The second-order valence-corrected chi connectivity index (χ2v) is 7.04. The smallest absolute Gasteiger partial charge is 0.416 e. The van der Waals surface area contributed by atoms with Crippen molar-refractivity contribution in [1.29, 1.82) is 0 Å². The average Bonchev–Trinajstić information content (AvgIpc) is 3.31. The molecular formula is C19H12ClF5N4O2. The molecule has 3 heterocycles. The molecule has 1 unspecified atom stereocenters. The Balaban J connectivity index is 1.81. The van der Waals surface area contributed by atoms with Gasteiger partial charge in [-0.2, -0.15) is 13.2 Å². The van der Waals surface area contributed by atoms with Crippen LogP contribution < -0.4 is 4.90 Å². The normalized spacial score (nSPS) is 16.7. The second kappa shape index (κ2) is 7.49. The van der Waals surface area contributed by atoms with Crippen molar-refractivity contribution in [3.8, 4) is 5.69 Å². The van der Waals surface area contributed by atoms with Crippen molar-refractivity contribution in [1.82, 2.24) is 14.5 Å². The fraction of sp³-hybridized carbons (Fsp3) is 0.211. The topological polar surface area (TPSA) is 60.3 Å². The first-order chi connectivity index (χ1) is 14.6. The summed E-state index contributed by atoms with van der Waals surface area (Å²) in [6.07, 6.45) is -2.97. The zero-order valence-electron chi connectivity index (χ0n) is 15.6.